The predicted molar refractivity (Wildman–Crippen MR) is 105 cm³/mol. The van der Waals surface area contributed by atoms with Crippen molar-refractivity contribution in [3.05, 3.63) is 109 Å². The molecular formula is C24H21N2. The molecule has 2 aliphatic rings. The van der Waals surface area contributed by atoms with Gasteiger partial charge in [0.1, 0.15) is 0 Å². The molecule has 0 amide bonds. The molecule has 3 aromatic rings. The third-order valence-corrected chi connectivity index (χ3v) is 5.42. The SMILES string of the molecule is CC1Cc2c(nn(Cc3ccccc3)c2[C]2[CH][CH][CH][CH]2)-c2ccccc21. The van der Waals surface area contributed by atoms with E-state index in [-0.39, 0.29) is 0 Å². The lowest BCUT2D eigenvalue weighted by molar-refractivity contribution is 0.662. The van der Waals surface area contributed by atoms with Crippen molar-refractivity contribution in [2.24, 2.45) is 0 Å². The first kappa shape index (κ1) is 15.9. The fraction of sp³-hybridized carbons (Fsp3) is 0.167. The van der Waals surface area contributed by atoms with E-state index in [1.807, 2.05) is 0 Å². The van der Waals surface area contributed by atoms with Crippen LogP contribution in [0.5, 0.6) is 0 Å². The summed E-state index contributed by atoms with van der Waals surface area (Å²) in [6.07, 6.45) is 9.67. The summed E-state index contributed by atoms with van der Waals surface area (Å²) in [7, 11) is 0. The van der Waals surface area contributed by atoms with Gasteiger partial charge in [-0.2, -0.15) is 5.10 Å². The Morgan fingerprint density at radius 3 is 2.50 bits per heavy atom. The summed E-state index contributed by atoms with van der Waals surface area (Å²) in [4.78, 5) is 0. The number of nitrogens with zero attached hydrogens (tertiary/aromatic N) is 2. The second-order valence-corrected chi connectivity index (χ2v) is 7.19. The van der Waals surface area contributed by atoms with Crippen molar-refractivity contribution in [2.75, 3.05) is 0 Å². The van der Waals surface area contributed by atoms with Gasteiger partial charge in [-0.25, -0.2) is 0 Å². The standard InChI is InChI=1S/C24H21N2/c1-17-15-22-23(21-14-8-7-13-20(17)21)25-26(16-18-9-3-2-4-10-18)24(22)19-11-5-6-12-19/h2-14,17H,15-16H2,1H3. The Kier molecular flexibility index (Phi) is 3.92. The Labute approximate surface area is 155 Å². The monoisotopic (exact) mass is 337 g/mol. The third-order valence-electron chi connectivity index (χ3n) is 5.42. The quantitative estimate of drug-likeness (QED) is 0.657. The van der Waals surface area contributed by atoms with E-state index in [4.69, 9.17) is 5.10 Å². The second kappa shape index (κ2) is 6.42. The summed E-state index contributed by atoms with van der Waals surface area (Å²) in [6.45, 7) is 3.12. The molecule has 2 heteroatoms. The molecule has 26 heavy (non-hydrogen) atoms. The van der Waals surface area contributed by atoms with Gasteiger partial charge >= 0.3 is 0 Å². The van der Waals surface area contributed by atoms with Gasteiger partial charge in [0.15, 0.2) is 0 Å². The number of rotatable bonds is 3. The molecule has 1 unspecified atom stereocenters. The Morgan fingerprint density at radius 2 is 1.69 bits per heavy atom. The van der Waals surface area contributed by atoms with E-state index in [2.05, 4.69) is 91.9 Å². The van der Waals surface area contributed by atoms with Gasteiger partial charge in [0.25, 0.3) is 0 Å². The molecule has 5 radical (unpaired) electrons. The molecule has 0 aliphatic heterocycles. The highest BCUT2D eigenvalue weighted by Crippen LogP contribution is 2.44. The largest absolute Gasteiger partial charge is 0.264 e. The lowest BCUT2D eigenvalue weighted by Crippen LogP contribution is -2.13. The van der Waals surface area contributed by atoms with Crippen LogP contribution in [0.15, 0.2) is 54.6 Å². The Balaban J connectivity index is 1.66. The maximum absolute atomic E-state index is 5.09. The summed E-state index contributed by atoms with van der Waals surface area (Å²) in [5, 5.41) is 5.09. The van der Waals surface area contributed by atoms with Crippen LogP contribution in [0.3, 0.4) is 0 Å². The average molecular weight is 337 g/mol. The minimum Gasteiger partial charge on any atom is -0.264 e. The van der Waals surface area contributed by atoms with Crippen molar-refractivity contribution in [3.8, 4) is 11.3 Å². The van der Waals surface area contributed by atoms with Crippen LogP contribution in [-0.4, -0.2) is 9.78 Å². The fourth-order valence-electron chi connectivity index (χ4n) is 4.19. The fourth-order valence-corrected chi connectivity index (χ4v) is 4.19. The van der Waals surface area contributed by atoms with Gasteiger partial charge in [-0.3, -0.25) is 4.68 Å². The van der Waals surface area contributed by atoms with Gasteiger partial charge in [-0.1, -0.05) is 61.5 Å². The molecule has 1 saturated carbocycles. The summed E-state index contributed by atoms with van der Waals surface area (Å²) in [5.74, 6) is 1.78. The molecule has 1 fully saturated rings. The molecule has 2 nitrogen and oxygen atoms in total. The number of aromatic nitrogens is 2. The predicted octanol–water partition coefficient (Wildman–Crippen LogP) is 5.01. The van der Waals surface area contributed by atoms with E-state index in [9.17, 15) is 0 Å². The molecule has 0 spiro atoms. The molecule has 127 valence electrons. The van der Waals surface area contributed by atoms with Gasteiger partial charge in [0.05, 0.1) is 17.9 Å². The first-order valence-corrected chi connectivity index (χ1v) is 9.26. The minimum atomic E-state index is 0.516. The van der Waals surface area contributed by atoms with Crippen molar-refractivity contribution < 1.29 is 0 Å². The van der Waals surface area contributed by atoms with Crippen LogP contribution >= 0.6 is 0 Å². The van der Waals surface area contributed by atoms with E-state index < -0.39 is 0 Å². The highest BCUT2D eigenvalue weighted by molar-refractivity contribution is 5.73. The van der Waals surface area contributed by atoms with Gasteiger partial charge in [0, 0.05) is 17.0 Å². The third kappa shape index (κ3) is 2.59. The van der Waals surface area contributed by atoms with Gasteiger partial charge in [-0.05, 0) is 49.1 Å². The first-order chi connectivity index (χ1) is 12.8. The number of benzene rings is 2. The van der Waals surface area contributed by atoms with Gasteiger partial charge in [-0.15, -0.1) is 0 Å². The molecule has 5 rings (SSSR count). The van der Waals surface area contributed by atoms with Crippen LogP contribution in [0, 0.1) is 31.6 Å². The van der Waals surface area contributed by atoms with Crippen molar-refractivity contribution in [1.82, 2.24) is 9.78 Å². The van der Waals surface area contributed by atoms with Crippen molar-refractivity contribution in [2.45, 2.75) is 25.8 Å². The molecule has 1 atom stereocenters. The lowest BCUT2D eigenvalue weighted by atomic mass is 9.80. The maximum atomic E-state index is 5.09. The normalized spacial score (nSPS) is 19.3. The van der Waals surface area contributed by atoms with E-state index in [0.29, 0.717) is 5.92 Å². The minimum absolute atomic E-state index is 0.516. The molecule has 0 saturated heterocycles. The van der Waals surface area contributed by atoms with Gasteiger partial charge < -0.3 is 0 Å². The average Bonchev–Trinajstić information content (AvgIpc) is 3.30. The molecule has 1 aromatic heterocycles. The van der Waals surface area contributed by atoms with Gasteiger partial charge in [0.2, 0.25) is 0 Å². The molecular weight excluding hydrogens is 316 g/mol. The van der Waals surface area contributed by atoms with Crippen molar-refractivity contribution in [1.29, 1.82) is 0 Å². The topological polar surface area (TPSA) is 17.8 Å². The smallest absolute Gasteiger partial charge is 0.0961 e. The van der Waals surface area contributed by atoms with Crippen LogP contribution in [0.2, 0.25) is 0 Å². The summed E-state index contributed by atoms with van der Waals surface area (Å²) in [6, 6.07) is 19.3. The molecule has 0 N–H and O–H groups in total. The molecule has 2 aliphatic carbocycles. The number of hydrogen-bond donors (Lipinski definition) is 0. The highest BCUT2D eigenvalue weighted by Gasteiger charge is 2.33. The van der Waals surface area contributed by atoms with E-state index >= 15 is 0 Å². The molecule has 1 heterocycles. The maximum Gasteiger partial charge on any atom is 0.0961 e. The zero-order valence-electron chi connectivity index (χ0n) is 14.9. The second-order valence-electron chi connectivity index (χ2n) is 7.19. The number of hydrogen-bond acceptors (Lipinski definition) is 1. The van der Waals surface area contributed by atoms with Crippen LogP contribution < -0.4 is 0 Å². The molecule has 0 bridgehead atoms. The summed E-state index contributed by atoms with van der Waals surface area (Å²) < 4.78 is 2.20. The zero-order chi connectivity index (χ0) is 17.5. The Bertz CT molecular complexity index is 917. The summed E-state index contributed by atoms with van der Waals surface area (Å²) in [5.41, 5.74) is 7.81. The van der Waals surface area contributed by atoms with E-state index in [1.165, 1.54) is 33.9 Å². The van der Waals surface area contributed by atoms with Crippen LogP contribution in [0.1, 0.15) is 35.2 Å². The Morgan fingerprint density at radius 1 is 0.962 bits per heavy atom. The summed E-state index contributed by atoms with van der Waals surface area (Å²) >= 11 is 0. The van der Waals surface area contributed by atoms with Crippen LogP contribution in [-0.2, 0) is 13.0 Å². The first-order valence-electron chi connectivity index (χ1n) is 9.26. The van der Waals surface area contributed by atoms with Crippen LogP contribution in [0.4, 0.5) is 0 Å². The van der Waals surface area contributed by atoms with E-state index in [1.54, 1.807) is 0 Å². The highest BCUT2D eigenvalue weighted by atomic mass is 15.3. The Hall–Kier alpha value is -2.35. The van der Waals surface area contributed by atoms with Crippen molar-refractivity contribution >= 4 is 0 Å². The van der Waals surface area contributed by atoms with E-state index in [0.717, 1.165) is 18.7 Å². The zero-order valence-corrected chi connectivity index (χ0v) is 14.9. The van der Waals surface area contributed by atoms with Crippen molar-refractivity contribution in [3.63, 3.8) is 0 Å². The number of fused-ring (bicyclic) bond motifs is 3. The molecule has 2 aromatic carbocycles. The van der Waals surface area contributed by atoms with Crippen LogP contribution in [0.25, 0.3) is 11.3 Å². The lowest BCUT2D eigenvalue weighted by Gasteiger charge is -2.23.